The molecule has 0 saturated heterocycles. The van der Waals surface area contributed by atoms with Gasteiger partial charge in [-0.2, -0.15) is 0 Å². The summed E-state index contributed by atoms with van der Waals surface area (Å²) < 4.78 is 26.8. The van der Waals surface area contributed by atoms with E-state index < -0.39 is 10.0 Å². The number of hydrogen-bond acceptors (Lipinski definition) is 4. The zero-order valence-electron chi connectivity index (χ0n) is 15.8. The molecule has 2 N–H and O–H groups in total. The lowest BCUT2D eigenvalue weighted by Gasteiger charge is -2.29. The zero-order valence-corrected chi connectivity index (χ0v) is 16.6. The molecule has 0 amide bonds. The van der Waals surface area contributed by atoms with Gasteiger partial charge < -0.3 is 5.32 Å². The van der Waals surface area contributed by atoms with Crippen molar-refractivity contribution in [3.05, 3.63) is 36.0 Å². The Bertz CT molecular complexity index is 856. The molecule has 5 nitrogen and oxygen atoms in total. The summed E-state index contributed by atoms with van der Waals surface area (Å²) in [4.78, 5) is 4.53. The highest BCUT2D eigenvalue weighted by Gasteiger charge is 2.26. The largest absolute Gasteiger partial charge is 0.385 e. The summed E-state index contributed by atoms with van der Waals surface area (Å²) in [5.74, 6) is 0.585. The predicted molar refractivity (Wildman–Crippen MR) is 108 cm³/mol. The maximum atomic E-state index is 12.0. The average Bonchev–Trinajstić information content (AvgIpc) is 2.60. The number of hydrogen-bond donors (Lipinski definition) is 2. The van der Waals surface area contributed by atoms with E-state index in [1.807, 2.05) is 13.0 Å². The third kappa shape index (κ3) is 4.74. The number of fused-ring (bicyclic) bond motifs is 1. The van der Waals surface area contributed by atoms with E-state index in [9.17, 15) is 8.42 Å². The molecule has 0 aliphatic heterocycles. The van der Waals surface area contributed by atoms with Gasteiger partial charge in [-0.15, -0.1) is 0 Å². The molecule has 142 valence electrons. The predicted octanol–water partition coefficient (Wildman–Crippen LogP) is 3.84. The molecule has 1 aliphatic rings. The second-order valence-electron chi connectivity index (χ2n) is 7.67. The molecule has 2 aromatic rings. The van der Waals surface area contributed by atoms with Crippen LogP contribution in [0.2, 0.25) is 0 Å². The number of nitrogens with zero attached hydrogens (tertiary/aromatic N) is 1. The third-order valence-electron chi connectivity index (χ3n) is 5.22. The zero-order chi connectivity index (χ0) is 18.7. The van der Waals surface area contributed by atoms with Crippen molar-refractivity contribution in [3.63, 3.8) is 0 Å². The Balaban J connectivity index is 1.50. The van der Waals surface area contributed by atoms with Crippen molar-refractivity contribution in [1.82, 2.24) is 9.71 Å². The minimum Gasteiger partial charge on any atom is -0.385 e. The van der Waals surface area contributed by atoms with Crippen LogP contribution in [0, 0.1) is 12.8 Å². The molecule has 1 heterocycles. The first-order valence-corrected chi connectivity index (χ1v) is 11.0. The van der Waals surface area contributed by atoms with E-state index in [1.54, 1.807) is 13.8 Å². The number of nitrogens with one attached hydrogen (secondary N) is 2. The van der Waals surface area contributed by atoms with Crippen molar-refractivity contribution in [2.75, 3.05) is 11.9 Å². The van der Waals surface area contributed by atoms with Gasteiger partial charge in [0.1, 0.15) is 0 Å². The SMILES string of the molecule is Cc1ccc2cc(NCC3CCC(NS(=O)(=O)C(C)C)CC3)ccc2n1. The highest BCUT2D eigenvalue weighted by molar-refractivity contribution is 7.90. The summed E-state index contributed by atoms with van der Waals surface area (Å²) in [6, 6.07) is 10.5. The molecule has 0 unspecified atom stereocenters. The number of rotatable bonds is 6. The summed E-state index contributed by atoms with van der Waals surface area (Å²) in [6.45, 7) is 6.37. The molecule has 0 spiro atoms. The second kappa shape index (κ2) is 7.92. The van der Waals surface area contributed by atoms with Gasteiger partial charge in [-0.05, 0) is 76.6 Å². The van der Waals surface area contributed by atoms with Crippen LogP contribution in [0.5, 0.6) is 0 Å². The fourth-order valence-electron chi connectivity index (χ4n) is 3.45. The summed E-state index contributed by atoms with van der Waals surface area (Å²) in [5, 5.41) is 4.31. The van der Waals surface area contributed by atoms with Gasteiger partial charge in [0.15, 0.2) is 0 Å². The Labute approximate surface area is 156 Å². The smallest absolute Gasteiger partial charge is 0.214 e. The number of aromatic nitrogens is 1. The molecule has 1 aromatic heterocycles. The standard InChI is InChI=1S/C20H29N3O2S/c1-14(2)26(24,25)23-18-8-5-16(6-9-18)13-21-19-10-11-20-17(12-19)7-4-15(3)22-20/h4,7,10-12,14,16,18,21,23H,5-6,8-9,13H2,1-3H3. The molecule has 0 radical (unpaired) electrons. The van der Waals surface area contributed by atoms with Crippen LogP contribution in [0.3, 0.4) is 0 Å². The molecule has 1 fully saturated rings. The summed E-state index contributed by atoms with van der Waals surface area (Å²) in [6.07, 6.45) is 3.93. The molecule has 1 aromatic carbocycles. The van der Waals surface area contributed by atoms with Crippen molar-refractivity contribution in [2.45, 2.75) is 57.7 Å². The van der Waals surface area contributed by atoms with Crippen LogP contribution in [0.1, 0.15) is 45.2 Å². The van der Waals surface area contributed by atoms with Crippen molar-refractivity contribution in [2.24, 2.45) is 5.92 Å². The number of sulfonamides is 1. The third-order valence-corrected chi connectivity index (χ3v) is 7.12. The van der Waals surface area contributed by atoms with Gasteiger partial charge in [0.05, 0.1) is 10.8 Å². The van der Waals surface area contributed by atoms with Gasteiger partial charge in [-0.1, -0.05) is 6.07 Å². The normalized spacial score (nSPS) is 21.2. The van der Waals surface area contributed by atoms with Crippen LogP contribution in [0.25, 0.3) is 10.9 Å². The fraction of sp³-hybridized carbons (Fsp3) is 0.550. The van der Waals surface area contributed by atoms with Crippen LogP contribution in [0.4, 0.5) is 5.69 Å². The van der Waals surface area contributed by atoms with Gasteiger partial charge in [0.25, 0.3) is 0 Å². The van der Waals surface area contributed by atoms with Gasteiger partial charge in [-0.3, -0.25) is 4.98 Å². The average molecular weight is 376 g/mol. The monoisotopic (exact) mass is 375 g/mol. The molecule has 6 heteroatoms. The lowest BCUT2D eigenvalue weighted by atomic mass is 9.86. The first-order valence-electron chi connectivity index (χ1n) is 9.46. The highest BCUT2D eigenvalue weighted by atomic mass is 32.2. The van der Waals surface area contributed by atoms with E-state index in [1.165, 1.54) is 0 Å². The number of benzene rings is 1. The van der Waals surface area contributed by atoms with E-state index in [0.29, 0.717) is 5.92 Å². The molecule has 1 saturated carbocycles. The summed E-state index contributed by atoms with van der Waals surface area (Å²) in [5.41, 5.74) is 3.17. The number of pyridine rings is 1. The minimum absolute atomic E-state index is 0.0913. The summed E-state index contributed by atoms with van der Waals surface area (Å²) >= 11 is 0. The number of anilines is 1. The molecular weight excluding hydrogens is 346 g/mol. The quantitative estimate of drug-likeness (QED) is 0.805. The summed E-state index contributed by atoms with van der Waals surface area (Å²) in [7, 11) is -3.17. The lowest BCUT2D eigenvalue weighted by molar-refractivity contribution is 0.323. The minimum atomic E-state index is -3.17. The van der Waals surface area contributed by atoms with E-state index in [0.717, 1.165) is 54.5 Å². The van der Waals surface area contributed by atoms with Crippen LogP contribution in [-0.2, 0) is 10.0 Å². The molecular formula is C20H29N3O2S. The molecule has 0 bridgehead atoms. The number of aryl methyl sites for hydroxylation is 1. The molecule has 0 atom stereocenters. The topological polar surface area (TPSA) is 71.1 Å². The Hall–Kier alpha value is -1.66. The Morgan fingerprint density at radius 3 is 2.54 bits per heavy atom. The molecule has 1 aliphatic carbocycles. The van der Waals surface area contributed by atoms with Crippen LogP contribution < -0.4 is 10.0 Å². The Kier molecular flexibility index (Phi) is 5.82. The Morgan fingerprint density at radius 2 is 1.85 bits per heavy atom. The van der Waals surface area contributed by atoms with E-state index in [-0.39, 0.29) is 11.3 Å². The van der Waals surface area contributed by atoms with Crippen molar-refractivity contribution >= 4 is 26.6 Å². The fourth-order valence-corrected chi connectivity index (χ4v) is 4.42. The van der Waals surface area contributed by atoms with Crippen LogP contribution >= 0.6 is 0 Å². The van der Waals surface area contributed by atoms with Gasteiger partial charge in [0.2, 0.25) is 10.0 Å². The first-order chi connectivity index (χ1) is 12.3. The van der Waals surface area contributed by atoms with E-state index >= 15 is 0 Å². The maximum Gasteiger partial charge on any atom is 0.214 e. The van der Waals surface area contributed by atoms with Gasteiger partial charge >= 0.3 is 0 Å². The molecule has 26 heavy (non-hydrogen) atoms. The van der Waals surface area contributed by atoms with Crippen molar-refractivity contribution in [1.29, 1.82) is 0 Å². The van der Waals surface area contributed by atoms with E-state index in [4.69, 9.17) is 0 Å². The second-order valence-corrected chi connectivity index (χ2v) is 9.94. The molecule has 3 rings (SSSR count). The maximum absolute atomic E-state index is 12.0. The van der Waals surface area contributed by atoms with Gasteiger partial charge in [-0.25, -0.2) is 13.1 Å². The van der Waals surface area contributed by atoms with Crippen LogP contribution in [-0.4, -0.2) is 31.2 Å². The highest BCUT2D eigenvalue weighted by Crippen LogP contribution is 2.26. The first kappa shape index (κ1) is 19.1. The Morgan fingerprint density at radius 1 is 1.12 bits per heavy atom. The lowest BCUT2D eigenvalue weighted by Crippen LogP contribution is -2.41. The van der Waals surface area contributed by atoms with E-state index in [2.05, 4.69) is 39.3 Å². The van der Waals surface area contributed by atoms with Crippen LogP contribution in [0.15, 0.2) is 30.3 Å². The van der Waals surface area contributed by atoms with Gasteiger partial charge in [0, 0.05) is 29.4 Å². The van der Waals surface area contributed by atoms with Crippen molar-refractivity contribution < 1.29 is 8.42 Å². The van der Waals surface area contributed by atoms with Crippen molar-refractivity contribution in [3.8, 4) is 0 Å².